The van der Waals surface area contributed by atoms with Crippen LogP contribution < -0.4 is 0 Å². The fourth-order valence-electron chi connectivity index (χ4n) is 2.91. The summed E-state index contributed by atoms with van der Waals surface area (Å²) in [6, 6.07) is 17.5. The van der Waals surface area contributed by atoms with Gasteiger partial charge in [0.05, 0.1) is 40.0 Å². The average molecular weight is 360 g/mol. The predicted molar refractivity (Wildman–Crippen MR) is 101 cm³/mol. The molecule has 1 aliphatic rings. The van der Waals surface area contributed by atoms with Gasteiger partial charge in [-0.05, 0) is 54.3 Å². The Balaban J connectivity index is 1.63. The van der Waals surface area contributed by atoms with Gasteiger partial charge in [-0.3, -0.25) is 9.78 Å². The highest BCUT2D eigenvalue weighted by Gasteiger charge is 2.27. The molecule has 0 spiro atoms. The number of carbonyl (C=O) groups excluding carboxylic acids is 1. The van der Waals surface area contributed by atoms with Gasteiger partial charge in [0.25, 0.3) is 0 Å². The van der Waals surface area contributed by atoms with Crippen molar-refractivity contribution in [1.29, 1.82) is 5.26 Å². The Morgan fingerprint density at radius 3 is 2.58 bits per heavy atom. The number of nitriles is 1. The lowest BCUT2D eigenvalue weighted by Gasteiger charge is -2.22. The van der Waals surface area contributed by atoms with Gasteiger partial charge in [-0.2, -0.15) is 5.26 Å². The molecule has 2 aromatic carbocycles. The molecular weight excluding hydrogens is 344 g/mol. The Morgan fingerprint density at radius 1 is 1.12 bits per heavy atom. The maximum atomic E-state index is 12.0. The number of benzene rings is 2. The summed E-state index contributed by atoms with van der Waals surface area (Å²) < 4.78 is 5.43. The molecule has 0 N–H and O–H groups in total. The van der Waals surface area contributed by atoms with E-state index in [2.05, 4.69) is 11.1 Å². The molecule has 0 aliphatic heterocycles. The van der Waals surface area contributed by atoms with Gasteiger partial charge < -0.3 is 4.18 Å². The molecule has 5 heteroatoms. The first-order chi connectivity index (χ1) is 12.7. The number of hydrogen-bond donors (Lipinski definition) is 0. The normalized spacial score (nSPS) is 13.8. The van der Waals surface area contributed by atoms with E-state index >= 15 is 0 Å². The molecule has 128 valence electrons. The molecule has 1 fully saturated rings. The van der Waals surface area contributed by atoms with Gasteiger partial charge in [0.2, 0.25) is 0 Å². The molecular formula is C21H16N2O2S. The highest BCUT2D eigenvalue weighted by atomic mass is 32.2. The van der Waals surface area contributed by atoms with E-state index in [-0.39, 0.29) is 11.9 Å². The third-order valence-corrected chi connectivity index (χ3v) is 5.48. The Kier molecular flexibility index (Phi) is 4.59. The van der Waals surface area contributed by atoms with Crippen LogP contribution in [0.2, 0.25) is 0 Å². The van der Waals surface area contributed by atoms with E-state index in [0.717, 1.165) is 58.2 Å². The van der Waals surface area contributed by atoms with Crippen LogP contribution in [0.4, 0.5) is 0 Å². The van der Waals surface area contributed by atoms with Gasteiger partial charge in [0.15, 0.2) is 0 Å². The van der Waals surface area contributed by atoms with Gasteiger partial charge in [0.1, 0.15) is 0 Å². The second kappa shape index (κ2) is 7.19. The van der Waals surface area contributed by atoms with Crippen LogP contribution in [0.5, 0.6) is 0 Å². The molecule has 4 rings (SSSR count). The van der Waals surface area contributed by atoms with Crippen molar-refractivity contribution in [2.45, 2.75) is 24.2 Å². The van der Waals surface area contributed by atoms with E-state index in [1.165, 1.54) is 0 Å². The largest absolute Gasteiger partial charge is 0.386 e. The minimum absolute atomic E-state index is 0.0600. The standard InChI is InChI=1S/C21H16N2O2S/c22-13-14-4-6-15(7-5-14)17-8-9-19-18(12-17)20(10-11-23-19)26-25-21(24)16-2-1-3-16/h4-12,16H,1-3H2. The van der Waals surface area contributed by atoms with Gasteiger partial charge in [-0.15, -0.1) is 0 Å². The number of rotatable bonds is 4. The molecule has 26 heavy (non-hydrogen) atoms. The molecule has 1 saturated carbocycles. The van der Waals surface area contributed by atoms with Crippen LogP contribution in [0.1, 0.15) is 24.8 Å². The van der Waals surface area contributed by atoms with Gasteiger partial charge >= 0.3 is 5.97 Å². The predicted octanol–water partition coefficient (Wildman–Crippen LogP) is 5.12. The van der Waals surface area contributed by atoms with E-state index < -0.39 is 0 Å². The Morgan fingerprint density at radius 2 is 1.88 bits per heavy atom. The van der Waals surface area contributed by atoms with Crippen LogP contribution in [0.15, 0.2) is 59.6 Å². The van der Waals surface area contributed by atoms with Crippen LogP contribution in [-0.2, 0) is 8.98 Å². The number of pyridine rings is 1. The first-order valence-electron chi connectivity index (χ1n) is 8.52. The summed E-state index contributed by atoms with van der Waals surface area (Å²) in [4.78, 5) is 17.3. The monoisotopic (exact) mass is 360 g/mol. The Bertz CT molecular complexity index is 1000. The number of fused-ring (bicyclic) bond motifs is 1. The van der Waals surface area contributed by atoms with Crippen molar-refractivity contribution < 1.29 is 8.98 Å². The van der Waals surface area contributed by atoms with Crippen molar-refractivity contribution in [3.63, 3.8) is 0 Å². The zero-order valence-corrected chi connectivity index (χ0v) is 14.8. The van der Waals surface area contributed by atoms with Crippen molar-refractivity contribution in [2.24, 2.45) is 5.92 Å². The first kappa shape index (κ1) is 16.6. The summed E-state index contributed by atoms with van der Waals surface area (Å²) >= 11 is 1.11. The molecule has 1 aromatic heterocycles. The van der Waals surface area contributed by atoms with Crippen LogP contribution in [0.3, 0.4) is 0 Å². The molecule has 0 unspecified atom stereocenters. The summed E-state index contributed by atoms with van der Waals surface area (Å²) in [5, 5.41) is 9.88. The Hall–Kier alpha value is -2.84. The fourth-order valence-corrected chi connectivity index (χ4v) is 3.59. The highest BCUT2D eigenvalue weighted by Crippen LogP contribution is 2.34. The highest BCUT2D eigenvalue weighted by molar-refractivity contribution is 7.95. The molecule has 4 nitrogen and oxygen atoms in total. The van der Waals surface area contributed by atoms with Gasteiger partial charge in [-0.25, -0.2) is 0 Å². The number of aromatic nitrogens is 1. The van der Waals surface area contributed by atoms with E-state index in [4.69, 9.17) is 9.44 Å². The third-order valence-electron chi connectivity index (χ3n) is 4.70. The zero-order valence-electron chi connectivity index (χ0n) is 14.0. The van der Waals surface area contributed by atoms with Crippen LogP contribution in [0.25, 0.3) is 22.0 Å². The summed E-state index contributed by atoms with van der Waals surface area (Å²) in [6.07, 6.45) is 4.69. The topological polar surface area (TPSA) is 63.0 Å². The lowest BCUT2D eigenvalue weighted by molar-refractivity contribution is -0.140. The third kappa shape index (κ3) is 3.29. The maximum absolute atomic E-state index is 12.0. The molecule has 1 aliphatic carbocycles. The van der Waals surface area contributed by atoms with E-state index in [1.807, 2.05) is 36.4 Å². The summed E-state index contributed by atoms with van der Waals surface area (Å²) in [6.45, 7) is 0. The van der Waals surface area contributed by atoms with Crippen molar-refractivity contribution in [2.75, 3.05) is 0 Å². The molecule has 0 bridgehead atoms. The average Bonchev–Trinajstić information content (AvgIpc) is 2.64. The molecule has 3 aromatic rings. The van der Waals surface area contributed by atoms with E-state index in [0.29, 0.717) is 5.56 Å². The second-order valence-corrected chi connectivity index (χ2v) is 7.12. The maximum Gasteiger partial charge on any atom is 0.321 e. The van der Waals surface area contributed by atoms with Crippen LogP contribution in [0, 0.1) is 17.2 Å². The summed E-state index contributed by atoms with van der Waals surface area (Å²) in [5.74, 6) is -0.0701. The molecule has 0 radical (unpaired) electrons. The molecule has 0 saturated heterocycles. The number of carbonyl (C=O) groups is 1. The number of hydrogen-bond acceptors (Lipinski definition) is 5. The van der Waals surface area contributed by atoms with Crippen LogP contribution >= 0.6 is 12.0 Å². The quantitative estimate of drug-likeness (QED) is 0.604. The van der Waals surface area contributed by atoms with Crippen LogP contribution in [-0.4, -0.2) is 11.0 Å². The molecule has 0 amide bonds. The fraction of sp³-hybridized carbons (Fsp3) is 0.190. The summed E-state index contributed by atoms with van der Waals surface area (Å²) in [5.41, 5.74) is 3.54. The lowest BCUT2D eigenvalue weighted by atomic mass is 9.86. The van der Waals surface area contributed by atoms with E-state index in [1.54, 1.807) is 18.3 Å². The van der Waals surface area contributed by atoms with E-state index in [9.17, 15) is 4.79 Å². The molecule has 1 heterocycles. The van der Waals surface area contributed by atoms with Crippen molar-refractivity contribution in [1.82, 2.24) is 4.98 Å². The zero-order chi connectivity index (χ0) is 17.9. The minimum atomic E-state index is -0.130. The minimum Gasteiger partial charge on any atom is -0.386 e. The summed E-state index contributed by atoms with van der Waals surface area (Å²) in [7, 11) is 0. The lowest BCUT2D eigenvalue weighted by Crippen LogP contribution is -2.22. The van der Waals surface area contributed by atoms with Crippen molar-refractivity contribution in [3.8, 4) is 17.2 Å². The van der Waals surface area contributed by atoms with Crippen molar-refractivity contribution >= 4 is 28.9 Å². The Labute approximate surface area is 156 Å². The van der Waals surface area contributed by atoms with Gasteiger partial charge in [-0.1, -0.05) is 24.6 Å². The van der Waals surface area contributed by atoms with Crippen molar-refractivity contribution in [3.05, 3.63) is 60.3 Å². The smallest absolute Gasteiger partial charge is 0.321 e. The SMILES string of the molecule is N#Cc1ccc(-c2ccc3nccc(SOC(=O)C4CCC4)c3c2)cc1. The molecule has 0 atom stereocenters. The number of nitrogens with zero attached hydrogens (tertiary/aromatic N) is 2. The second-order valence-electron chi connectivity index (χ2n) is 6.34. The first-order valence-corrected chi connectivity index (χ1v) is 9.26. The van der Waals surface area contributed by atoms with Gasteiger partial charge in [0, 0.05) is 11.6 Å².